The molecule has 1 fully saturated rings. The lowest BCUT2D eigenvalue weighted by Gasteiger charge is -2.31. The number of hydrogen-bond acceptors (Lipinski definition) is 5. The SMILES string of the molecule is Cc1noc(CNC(=O)C2CCN(C(=O)NCc3ccc(F)cc3)CC2)n1. The number of aromatic nitrogens is 2. The molecule has 3 rings (SSSR count). The van der Waals surface area contributed by atoms with E-state index in [0.29, 0.717) is 44.2 Å². The average molecular weight is 375 g/mol. The number of nitrogens with zero attached hydrogens (tertiary/aromatic N) is 3. The number of halogens is 1. The number of urea groups is 1. The molecule has 0 aliphatic carbocycles. The molecule has 1 aliphatic heterocycles. The van der Waals surface area contributed by atoms with Crippen LogP contribution >= 0.6 is 0 Å². The highest BCUT2D eigenvalue weighted by molar-refractivity contribution is 5.79. The predicted molar refractivity (Wildman–Crippen MR) is 93.8 cm³/mol. The minimum atomic E-state index is -0.306. The molecule has 0 saturated carbocycles. The van der Waals surface area contributed by atoms with Crippen LogP contribution in [-0.4, -0.2) is 40.1 Å². The van der Waals surface area contributed by atoms with E-state index in [-0.39, 0.29) is 30.2 Å². The van der Waals surface area contributed by atoms with E-state index in [2.05, 4.69) is 20.8 Å². The van der Waals surface area contributed by atoms with Crippen molar-refractivity contribution < 1.29 is 18.5 Å². The second-order valence-electron chi connectivity index (χ2n) is 6.50. The lowest BCUT2D eigenvalue weighted by Crippen LogP contribution is -2.46. The van der Waals surface area contributed by atoms with Crippen LogP contribution in [-0.2, 0) is 17.9 Å². The van der Waals surface area contributed by atoms with Crippen LogP contribution in [0.2, 0.25) is 0 Å². The summed E-state index contributed by atoms with van der Waals surface area (Å²) in [6, 6.07) is 5.82. The molecule has 2 aromatic rings. The fourth-order valence-electron chi connectivity index (χ4n) is 2.96. The number of hydrogen-bond donors (Lipinski definition) is 2. The zero-order valence-corrected chi connectivity index (χ0v) is 15.1. The topological polar surface area (TPSA) is 100 Å². The Kier molecular flexibility index (Phi) is 6.00. The molecule has 2 heterocycles. The second kappa shape index (κ2) is 8.61. The highest BCUT2D eigenvalue weighted by Crippen LogP contribution is 2.17. The number of nitrogens with one attached hydrogen (secondary N) is 2. The smallest absolute Gasteiger partial charge is 0.317 e. The fraction of sp³-hybridized carbons (Fsp3) is 0.444. The third kappa shape index (κ3) is 5.25. The fourth-order valence-corrected chi connectivity index (χ4v) is 2.96. The largest absolute Gasteiger partial charge is 0.347 e. The molecule has 2 N–H and O–H groups in total. The second-order valence-corrected chi connectivity index (χ2v) is 6.50. The lowest BCUT2D eigenvalue weighted by molar-refractivity contribution is -0.126. The molecule has 0 bridgehead atoms. The number of piperidine rings is 1. The van der Waals surface area contributed by atoms with Crippen LogP contribution < -0.4 is 10.6 Å². The summed E-state index contributed by atoms with van der Waals surface area (Å²) in [5, 5.41) is 9.28. The van der Waals surface area contributed by atoms with Crippen molar-refractivity contribution in [1.82, 2.24) is 25.7 Å². The summed E-state index contributed by atoms with van der Waals surface area (Å²) in [5.74, 6) is 0.379. The summed E-state index contributed by atoms with van der Waals surface area (Å²) < 4.78 is 17.9. The first-order chi connectivity index (χ1) is 13.0. The molecule has 144 valence electrons. The summed E-state index contributed by atoms with van der Waals surface area (Å²) >= 11 is 0. The first kappa shape index (κ1) is 18.8. The van der Waals surface area contributed by atoms with Crippen LogP contribution in [0, 0.1) is 18.7 Å². The van der Waals surface area contributed by atoms with Gasteiger partial charge in [-0.25, -0.2) is 9.18 Å². The van der Waals surface area contributed by atoms with Gasteiger partial charge in [0, 0.05) is 25.6 Å². The first-order valence-electron chi connectivity index (χ1n) is 8.85. The van der Waals surface area contributed by atoms with Gasteiger partial charge in [0.05, 0.1) is 6.54 Å². The van der Waals surface area contributed by atoms with Crippen molar-refractivity contribution in [2.75, 3.05) is 13.1 Å². The van der Waals surface area contributed by atoms with E-state index in [0.717, 1.165) is 5.56 Å². The number of amides is 3. The van der Waals surface area contributed by atoms with Crippen molar-refractivity contribution in [3.05, 3.63) is 47.4 Å². The molecule has 1 aliphatic rings. The Bertz CT molecular complexity index is 785. The zero-order chi connectivity index (χ0) is 19.2. The minimum Gasteiger partial charge on any atom is -0.347 e. The van der Waals surface area contributed by atoms with E-state index in [4.69, 9.17) is 4.52 Å². The molecule has 1 saturated heterocycles. The van der Waals surface area contributed by atoms with E-state index in [1.807, 2.05) is 0 Å². The van der Waals surface area contributed by atoms with Gasteiger partial charge >= 0.3 is 6.03 Å². The Morgan fingerprint density at radius 2 is 1.89 bits per heavy atom. The van der Waals surface area contributed by atoms with Crippen molar-refractivity contribution >= 4 is 11.9 Å². The van der Waals surface area contributed by atoms with Crippen molar-refractivity contribution in [3.63, 3.8) is 0 Å². The Labute approximate surface area is 156 Å². The van der Waals surface area contributed by atoms with Crippen LogP contribution in [0.4, 0.5) is 9.18 Å². The first-order valence-corrected chi connectivity index (χ1v) is 8.85. The van der Waals surface area contributed by atoms with E-state index >= 15 is 0 Å². The Morgan fingerprint density at radius 3 is 2.52 bits per heavy atom. The average Bonchev–Trinajstić information content (AvgIpc) is 3.11. The third-order valence-corrected chi connectivity index (χ3v) is 4.49. The van der Waals surface area contributed by atoms with Crippen molar-refractivity contribution in [2.45, 2.75) is 32.9 Å². The summed E-state index contributed by atoms with van der Waals surface area (Å²) in [7, 11) is 0. The quantitative estimate of drug-likeness (QED) is 0.829. The van der Waals surface area contributed by atoms with Crippen LogP contribution in [0.1, 0.15) is 30.1 Å². The van der Waals surface area contributed by atoms with Gasteiger partial charge in [-0.05, 0) is 37.5 Å². The lowest BCUT2D eigenvalue weighted by atomic mass is 9.96. The molecule has 1 aromatic heterocycles. The van der Waals surface area contributed by atoms with Crippen molar-refractivity contribution in [2.24, 2.45) is 5.92 Å². The molecule has 9 heteroatoms. The molecule has 0 spiro atoms. The number of aryl methyl sites for hydroxylation is 1. The van der Waals surface area contributed by atoms with Gasteiger partial charge < -0.3 is 20.1 Å². The third-order valence-electron chi connectivity index (χ3n) is 4.49. The van der Waals surface area contributed by atoms with E-state index < -0.39 is 0 Å². The van der Waals surface area contributed by atoms with Gasteiger partial charge in [0.25, 0.3) is 0 Å². The zero-order valence-electron chi connectivity index (χ0n) is 15.1. The molecule has 0 radical (unpaired) electrons. The van der Waals surface area contributed by atoms with Crippen molar-refractivity contribution in [3.8, 4) is 0 Å². The van der Waals surface area contributed by atoms with Crippen LogP contribution in [0.5, 0.6) is 0 Å². The van der Waals surface area contributed by atoms with Gasteiger partial charge in [-0.15, -0.1) is 0 Å². The molecule has 27 heavy (non-hydrogen) atoms. The summed E-state index contributed by atoms with van der Waals surface area (Å²) in [6.07, 6.45) is 1.19. The number of benzene rings is 1. The Morgan fingerprint density at radius 1 is 1.19 bits per heavy atom. The number of carbonyl (C=O) groups excluding carboxylic acids is 2. The van der Waals surface area contributed by atoms with Gasteiger partial charge in [0.2, 0.25) is 11.8 Å². The highest BCUT2D eigenvalue weighted by atomic mass is 19.1. The van der Waals surface area contributed by atoms with E-state index in [1.165, 1.54) is 12.1 Å². The molecular formula is C18H22FN5O3. The number of rotatable bonds is 5. The standard InChI is InChI=1S/C18H22FN5O3/c1-12-22-16(27-23-12)11-20-17(25)14-6-8-24(9-7-14)18(26)21-10-13-2-4-15(19)5-3-13/h2-5,14H,6-11H2,1H3,(H,20,25)(H,21,26). The highest BCUT2D eigenvalue weighted by Gasteiger charge is 2.27. The maximum Gasteiger partial charge on any atom is 0.317 e. The van der Waals surface area contributed by atoms with Gasteiger partial charge in [0.1, 0.15) is 5.82 Å². The normalized spacial score (nSPS) is 14.8. The Hall–Kier alpha value is -2.97. The van der Waals surface area contributed by atoms with Crippen LogP contribution in [0.3, 0.4) is 0 Å². The molecule has 8 nitrogen and oxygen atoms in total. The number of carbonyl (C=O) groups is 2. The predicted octanol–water partition coefficient (Wildman–Crippen LogP) is 1.76. The summed E-state index contributed by atoms with van der Waals surface area (Å²) in [4.78, 5) is 30.2. The van der Waals surface area contributed by atoms with Crippen molar-refractivity contribution in [1.29, 1.82) is 0 Å². The summed E-state index contributed by atoms with van der Waals surface area (Å²) in [5.41, 5.74) is 0.829. The van der Waals surface area contributed by atoms with Gasteiger partial charge in [0.15, 0.2) is 5.82 Å². The molecule has 0 unspecified atom stereocenters. The van der Waals surface area contributed by atoms with Crippen LogP contribution in [0.15, 0.2) is 28.8 Å². The van der Waals surface area contributed by atoms with Crippen LogP contribution in [0.25, 0.3) is 0 Å². The number of likely N-dealkylation sites (tertiary alicyclic amines) is 1. The van der Waals surface area contributed by atoms with E-state index in [1.54, 1.807) is 24.0 Å². The van der Waals surface area contributed by atoms with Gasteiger partial charge in [-0.3, -0.25) is 4.79 Å². The molecule has 0 atom stereocenters. The minimum absolute atomic E-state index is 0.0720. The molecule has 3 amide bonds. The van der Waals surface area contributed by atoms with Gasteiger partial charge in [-0.1, -0.05) is 17.3 Å². The molecule has 1 aromatic carbocycles. The van der Waals surface area contributed by atoms with Gasteiger partial charge in [-0.2, -0.15) is 4.98 Å². The monoisotopic (exact) mass is 375 g/mol. The molecular weight excluding hydrogens is 353 g/mol. The maximum atomic E-state index is 12.9. The maximum absolute atomic E-state index is 12.9. The Balaban J connectivity index is 1.39. The van der Waals surface area contributed by atoms with E-state index in [9.17, 15) is 14.0 Å². The summed E-state index contributed by atoms with van der Waals surface area (Å²) in [6.45, 7) is 3.27.